The van der Waals surface area contributed by atoms with Gasteiger partial charge in [-0.25, -0.2) is 9.38 Å². The Labute approximate surface area is 123 Å². The average molecular weight is 299 g/mol. The molecule has 0 amide bonds. The second-order valence-corrected chi connectivity index (χ2v) is 5.40. The fourth-order valence-electron chi connectivity index (χ4n) is 2.64. The molecule has 1 saturated heterocycles. The maximum absolute atomic E-state index is 14.5. The number of nitrogens with zero attached hydrogens (tertiary/aromatic N) is 2. The van der Waals surface area contributed by atoms with Crippen LogP contribution < -0.4 is 5.73 Å². The largest absolute Gasteiger partial charge is 0.393 e. The Morgan fingerprint density at radius 2 is 2.33 bits per heavy atom. The number of hydrogen-bond acceptors (Lipinski definition) is 6. The van der Waals surface area contributed by atoms with E-state index in [1.807, 2.05) is 6.92 Å². The Bertz CT molecular complexity index is 468. The SMILES string of the molecule is C=C1N=C(N)C=CN1[C@@H]1O[C@@](CO)(CCCC)[C@@H](O)[C@H]1F. The minimum absolute atomic E-state index is 0.235. The van der Waals surface area contributed by atoms with E-state index in [9.17, 15) is 14.6 Å². The fourth-order valence-corrected chi connectivity index (χ4v) is 2.64. The van der Waals surface area contributed by atoms with Gasteiger partial charge in [-0.2, -0.15) is 0 Å². The van der Waals surface area contributed by atoms with E-state index in [1.165, 1.54) is 17.2 Å². The smallest absolute Gasteiger partial charge is 0.174 e. The summed E-state index contributed by atoms with van der Waals surface area (Å²) in [6.45, 7) is 5.23. The predicted molar refractivity (Wildman–Crippen MR) is 76.9 cm³/mol. The lowest BCUT2D eigenvalue weighted by Crippen LogP contribution is -2.45. The number of halogens is 1. The molecule has 2 aliphatic heterocycles. The minimum Gasteiger partial charge on any atom is -0.393 e. The highest BCUT2D eigenvalue weighted by molar-refractivity contribution is 5.92. The van der Waals surface area contributed by atoms with Gasteiger partial charge in [0.2, 0.25) is 0 Å². The number of aliphatic hydroxyl groups is 2. The van der Waals surface area contributed by atoms with E-state index in [0.29, 0.717) is 6.42 Å². The van der Waals surface area contributed by atoms with Gasteiger partial charge in [0.05, 0.1) is 6.61 Å². The van der Waals surface area contributed by atoms with E-state index in [1.54, 1.807) is 0 Å². The topological polar surface area (TPSA) is 91.3 Å². The van der Waals surface area contributed by atoms with Crippen LogP contribution in [-0.4, -0.2) is 51.7 Å². The molecule has 21 heavy (non-hydrogen) atoms. The first-order valence-electron chi connectivity index (χ1n) is 7.05. The molecule has 0 spiro atoms. The van der Waals surface area contributed by atoms with Crippen LogP contribution in [-0.2, 0) is 4.74 Å². The predicted octanol–water partition coefficient (Wildman–Crippen LogP) is 0.621. The molecule has 0 unspecified atom stereocenters. The first kappa shape index (κ1) is 15.9. The van der Waals surface area contributed by atoms with E-state index in [0.717, 1.165) is 12.8 Å². The molecule has 2 aliphatic rings. The molecule has 118 valence electrons. The van der Waals surface area contributed by atoms with E-state index in [4.69, 9.17) is 10.5 Å². The summed E-state index contributed by atoms with van der Waals surface area (Å²) in [5, 5.41) is 19.8. The number of aliphatic imine (C=N–C) groups is 1. The van der Waals surface area contributed by atoms with Crippen LogP contribution in [0, 0.1) is 0 Å². The van der Waals surface area contributed by atoms with E-state index >= 15 is 0 Å². The van der Waals surface area contributed by atoms with Crippen LogP contribution in [0.5, 0.6) is 0 Å². The number of amidine groups is 1. The first-order chi connectivity index (χ1) is 9.95. The van der Waals surface area contributed by atoms with Gasteiger partial charge in [0, 0.05) is 6.20 Å². The van der Waals surface area contributed by atoms with Crippen molar-refractivity contribution in [1.82, 2.24) is 4.90 Å². The Kier molecular flexibility index (Phi) is 4.65. The van der Waals surface area contributed by atoms with Crippen LogP contribution in [0.25, 0.3) is 0 Å². The quantitative estimate of drug-likeness (QED) is 0.692. The molecule has 0 aromatic heterocycles. The van der Waals surface area contributed by atoms with E-state index in [-0.39, 0.29) is 11.7 Å². The first-order valence-corrected chi connectivity index (χ1v) is 7.05. The van der Waals surface area contributed by atoms with Gasteiger partial charge < -0.3 is 25.6 Å². The summed E-state index contributed by atoms with van der Waals surface area (Å²) in [5.74, 6) is 0.503. The van der Waals surface area contributed by atoms with Gasteiger partial charge in [0.25, 0.3) is 0 Å². The van der Waals surface area contributed by atoms with Crippen molar-refractivity contribution in [1.29, 1.82) is 0 Å². The third-order valence-electron chi connectivity index (χ3n) is 3.93. The van der Waals surface area contributed by atoms with E-state index < -0.39 is 30.7 Å². The molecule has 0 aliphatic carbocycles. The van der Waals surface area contributed by atoms with Gasteiger partial charge in [0.1, 0.15) is 23.4 Å². The molecule has 0 aromatic rings. The minimum atomic E-state index is -1.68. The van der Waals surface area contributed by atoms with Crippen molar-refractivity contribution in [2.45, 2.75) is 50.3 Å². The van der Waals surface area contributed by atoms with Crippen molar-refractivity contribution < 1.29 is 19.3 Å². The Morgan fingerprint density at radius 1 is 1.62 bits per heavy atom. The molecule has 1 fully saturated rings. The molecule has 2 rings (SSSR count). The molecule has 4 atom stereocenters. The van der Waals surface area contributed by atoms with Gasteiger partial charge >= 0.3 is 0 Å². The summed E-state index contributed by atoms with van der Waals surface area (Å²) in [7, 11) is 0. The number of alkyl halides is 1. The zero-order valence-electron chi connectivity index (χ0n) is 12.1. The summed E-state index contributed by atoms with van der Waals surface area (Å²) in [6, 6.07) is 0. The summed E-state index contributed by atoms with van der Waals surface area (Å²) in [5.41, 5.74) is 4.25. The van der Waals surface area contributed by atoms with Crippen molar-refractivity contribution in [3.8, 4) is 0 Å². The number of unbranched alkanes of at least 4 members (excludes halogenated alkanes) is 1. The number of aliphatic hydroxyl groups excluding tert-OH is 2. The van der Waals surface area contributed by atoms with E-state index in [2.05, 4.69) is 11.6 Å². The second-order valence-electron chi connectivity index (χ2n) is 5.40. The molecule has 6 nitrogen and oxygen atoms in total. The maximum atomic E-state index is 14.5. The van der Waals surface area contributed by atoms with Crippen LogP contribution in [0.15, 0.2) is 29.7 Å². The van der Waals surface area contributed by atoms with Crippen molar-refractivity contribution in [2.24, 2.45) is 10.7 Å². The molecular formula is C14H22FN3O3. The zero-order valence-corrected chi connectivity index (χ0v) is 12.1. The molecule has 7 heteroatoms. The van der Waals surface area contributed by atoms with Gasteiger partial charge in [-0.05, 0) is 12.5 Å². The molecule has 0 aromatic carbocycles. The van der Waals surface area contributed by atoms with Gasteiger partial charge in [-0.3, -0.25) is 0 Å². The Hall–Kier alpha value is -1.44. The van der Waals surface area contributed by atoms with Crippen LogP contribution >= 0.6 is 0 Å². The van der Waals surface area contributed by atoms with Crippen LogP contribution in [0.4, 0.5) is 4.39 Å². The lowest BCUT2D eigenvalue weighted by atomic mass is 9.91. The van der Waals surface area contributed by atoms with Crippen LogP contribution in [0.2, 0.25) is 0 Å². The summed E-state index contributed by atoms with van der Waals surface area (Å²) in [4.78, 5) is 5.33. The van der Waals surface area contributed by atoms with Gasteiger partial charge in [0.15, 0.2) is 12.4 Å². The molecular weight excluding hydrogens is 277 g/mol. The van der Waals surface area contributed by atoms with Crippen molar-refractivity contribution in [3.05, 3.63) is 24.7 Å². The molecule has 0 radical (unpaired) electrons. The fraction of sp³-hybridized carbons (Fsp3) is 0.643. The Morgan fingerprint density at radius 3 is 2.90 bits per heavy atom. The third-order valence-corrected chi connectivity index (χ3v) is 3.93. The number of nitrogens with two attached hydrogens (primary N) is 1. The summed E-state index contributed by atoms with van der Waals surface area (Å²) in [6.07, 6.45) is 0.825. The monoisotopic (exact) mass is 299 g/mol. The van der Waals surface area contributed by atoms with Crippen molar-refractivity contribution in [2.75, 3.05) is 6.61 Å². The standard InChI is InChI=1S/C14H22FN3O3/c1-3-4-6-14(8-19)12(20)11(15)13(21-14)18-7-5-10(16)17-9(18)2/h5,7,11-13,19-20H,2-4,6,8H2,1H3,(H2,16,17)/t11-,12+,13-,14-/m1/s1. The van der Waals surface area contributed by atoms with Crippen molar-refractivity contribution in [3.63, 3.8) is 0 Å². The van der Waals surface area contributed by atoms with Crippen LogP contribution in [0.1, 0.15) is 26.2 Å². The molecule has 0 bridgehead atoms. The third kappa shape index (κ3) is 2.81. The number of ether oxygens (including phenoxy) is 1. The summed E-state index contributed by atoms with van der Waals surface area (Å²) < 4.78 is 20.2. The molecule has 2 heterocycles. The Balaban J connectivity index is 2.20. The lowest BCUT2D eigenvalue weighted by molar-refractivity contribution is -0.138. The van der Waals surface area contributed by atoms with Crippen LogP contribution in [0.3, 0.4) is 0 Å². The molecule has 0 saturated carbocycles. The molecule has 4 N–H and O–H groups in total. The highest BCUT2D eigenvalue weighted by Crippen LogP contribution is 2.39. The second kappa shape index (κ2) is 6.13. The van der Waals surface area contributed by atoms with Gasteiger partial charge in [-0.1, -0.05) is 26.3 Å². The number of hydrogen-bond donors (Lipinski definition) is 3. The lowest BCUT2D eigenvalue weighted by Gasteiger charge is -2.32. The average Bonchev–Trinajstić information content (AvgIpc) is 2.71. The normalized spacial score (nSPS) is 36.2. The zero-order chi connectivity index (χ0) is 15.6. The number of rotatable bonds is 5. The summed E-state index contributed by atoms with van der Waals surface area (Å²) >= 11 is 0. The maximum Gasteiger partial charge on any atom is 0.174 e. The van der Waals surface area contributed by atoms with Crippen molar-refractivity contribution >= 4 is 5.84 Å². The van der Waals surface area contributed by atoms with Gasteiger partial charge in [-0.15, -0.1) is 0 Å². The highest BCUT2D eigenvalue weighted by atomic mass is 19.1. The highest BCUT2D eigenvalue weighted by Gasteiger charge is 2.56.